The fourth-order valence-corrected chi connectivity index (χ4v) is 5.15. The van der Waals surface area contributed by atoms with Crippen LogP contribution in [0.25, 0.3) is 11.4 Å². The third-order valence-electron chi connectivity index (χ3n) is 5.86. The highest BCUT2D eigenvalue weighted by Crippen LogP contribution is 2.40. The lowest BCUT2D eigenvalue weighted by Crippen LogP contribution is -2.26. The average Bonchev–Trinajstić information content (AvgIpc) is 3.23. The number of aromatic amines is 1. The molecule has 1 aromatic heterocycles. The number of aromatic nitrogens is 2. The highest BCUT2D eigenvalue weighted by Gasteiger charge is 2.31. The number of rotatable bonds is 8. The third-order valence-corrected chi connectivity index (χ3v) is 7.09. The summed E-state index contributed by atoms with van der Waals surface area (Å²) in [7, 11) is 0. The maximum absolute atomic E-state index is 13.2. The molecular weight excluding hydrogens is 463 g/mol. The molecule has 2 aromatic carbocycles. The molecule has 3 aromatic rings. The Labute approximate surface area is 200 Å². The van der Waals surface area contributed by atoms with Gasteiger partial charge in [-0.3, -0.25) is 9.51 Å². The SMILES string of the molecule is CCCCN(CCc1ccc(-c2noc(=O)[nH]2)c(C)c1)C1=CCc2ccc(C(F)(F)F)cc2S1. The van der Waals surface area contributed by atoms with Gasteiger partial charge in [-0.15, -0.1) is 0 Å². The predicted octanol–water partition coefficient (Wildman–Crippen LogP) is 6.19. The molecule has 0 saturated carbocycles. The van der Waals surface area contributed by atoms with E-state index in [9.17, 15) is 18.0 Å². The lowest BCUT2D eigenvalue weighted by molar-refractivity contribution is -0.137. The highest BCUT2D eigenvalue weighted by molar-refractivity contribution is 8.03. The first-order valence-corrected chi connectivity index (χ1v) is 12.0. The van der Waals surface area contributed by atoms with Gasteiger partial charge in [0.25, 0.3) is 0 Å². The number of halogens is 3. The van der Waals surface area contributed by atoms with Gasteiger partial charge in [0.05, 0.1) is 10.6 Å². The average molecular weight is 490 g/mol. The molecule has 0 radical (unpaired) electrons. The van der Waals surface area contributed by atoms with Crippen LogP contribution in [0.15, 0.2) is 61.7 Å². The summed E-state index contributed by atoms with van der Waals surface area (Å²) in [6.45, 7) is 5.69. The number of unbranched alkanes of at least 4 members (excludes halogenated alkanes) is 1. The van der Waals surface area contributed by atoms with Crippen LogP contribution in [0.4, 0.5) is 13.2 Å². The molecule has 0 saturated heterocycles. The van der Waals surface area contributed by atoms with E-state index in [2.05, 4.69) is 38.6 Å². The van der Waals surface area contributed by atoms with E-state index in [1.165, 1.54) is 17.8 Å². The minimum Gasteiger partial charge on any atom is -0.366 e. The number of H-pyrrole nitrogens is 1. The summed E-state index contributed by atoms with van der Waals surface area (Å²) in [5.41, 5.74) is 3.23. The van der Waals surface area contributed by atoms with Crippen molar-refractivity contribution in [2.45, 2.75) is 50.6 Å². The molecule has 180 valence electrons. The second kappa shape index (κ2) is 10.1. The molecule has 0 atom stereocenters. The normalized spacial score (nSPS) is 13.5. The van der Waals surface area contributed by atoms with Crippen LogP contribution in [0.2, 0.25) is 0 Å². The number of allylic oxidation sites excluding steroid dienone is 1. The van der Waals surface area contributed by atoms with E-state index in [0.717, 1.165) is 65.7 Å². The first-order chi connectivity index (χ1) is 16.2. The molecule has 0 fully saturated rings. The lowest BCUT2D eigenvalue weighted by Gasteiger charge is -2.30. The van der Waals surface area contributed by atoms with Gasteiger partial charge < -0.3 is 4.90 Å². The van der Waals surface area contributed by atoms with Crippen LogP contribution < -0.4 is 5.76 Å². The fraction of sp³-hybridized carbons (Fsp3) is 0.360. The van der Waals surface area contributed by atoms with Crippen molar-refractivity contribution in [2.24, 2.45) is 0 Å². The van der Waals surface area contributed by atoms with E-state index in [0.29, 0.717) is 17.1 Å². The van der Waals surface area contributed by atoms with Crippen LogP contribution in [-0.2, 0) is 19.0 Å². The highest BCUT2D eigenvalue weighted by atomic mass is 32.2. The summed E-state index contributed by atoms with van der Waals surface area (Å²) in [5.74, 6) is -0.188. The van der Waals surface area contributed by atoms with Crippen LogP contribution in [0.1, 0.15) is 42.0 Å². The van der Waals surface area contributed by atoms with Crippen molar-refractivity contribution < 1.29 is 17.7 Å². The minimum atomic E-state index is -4.35. The van der Waals surface area contributed by atoms with Crippen LogP contribution in [0.5, 0.6) is 0 Å². The Morgan fingerprint density at radius 1 is 1.18 bits per heavy atom. The summed E-state index contributed by atoms with van der Waals surface area (Å²) in [6, 6.07) is 9.99. The van der Waals surface area contributed by atoms with E-state index in [1.807, 2.05) is 19.1 Å². The zero-order valence-electron chi connectivity index (χ0n) is 19.0. The standard InChI is InChI=1S/C25H26F3N3O2S/c1-3-4-12-31(22-10-7-18-6-8-19(25(26,27)28)15-21(18)34-22)13-11-17-5-9-20(16(2)14-17)23-29-24(32)33-30-23/h5-6,8-10,14-15H,3-4,7,11-13H2,1-2H3,(H,29,30,32). The molecule has 5 nitrogen and oxygen atoms in total. The molecule has 0 unspecified atom stereocenters. The Morgan fingerprint density at radius 3 is 2.68 bits per heavy atom. The van der Waals surface area contributed by atoms with Gasteiger partial charge in [0.15, 0.2) is 5.82 Å². The van der Waals surface area contributed by atoms with Gasteiger partial charge in [0, 0.05) is 23.5 Å². The number of hydrogen-bond donors (Lipinski definition) is 1. The maximum atomic E-state index is 13.2. The summed E-state index contributed by atoms with van der Waals surface area (Å²) in [5, 5.41) is 4.76. The lowest BCUT2D eigenvalue weighted by atomic mass is 10.0. The Hall–Kier alpha value is -2.94. The summed E-state index contributed by atoms with van der Waals surface area (Å²) in [6.07, 6.45) is 1.22. The number of nitrogens with zero attached hydrogens (tertiary/aromatic N) is 2. The number of nitrogens with one attached hydrogen (secondary N) is 1. The van der Waals surface area contributed by atoms with Crippen molar-refractivity contribution >= 4 is 11.8 Å². The molecule has 4 rings (SSSR count). The largest absolute Gasteiger partial charge is 0.439 e. The van der Waals surface area contributed by atoms with Gasteiger partial charge in [-0.2, -0.15) is 13.2 Å². The first kappa shape index (κ1) is 24.2. The number of fused-ring (bicyclic) bond motifs is 1. The third kappa shape index (κ3) is 5.58. The molecule has 1 aliphatic heterocycles. The number of alkyl halides is 3. The van der Waals surface area contributed by atoms with Crippen LogP contribution in [0.3, 0.4) is 0 Å². The minimum absolute atomic E-state index is 0.402. The van der Waals surface area contributed by atoms with E-state index >= 15 is 0 Å². The smallest absolute Gasteiger partial charge is 0.366 e. The molecule has 34 heavy (non-hydrogen) atoms. The van der Waals surface area contributed by atoms with E-state index in [1.54, 1.807) is 6.07 Å². The van der Waals surface area contributed by atoms with E-state index in [4.69, 9.17) is 0 Å². The van der Waals surface area contributed by atoms with Gasteiger partial charge in [-0.1, -0.05) is 54.5 Å². The van der Waals surface area contributed by atoms with E-state index in [-0.39, 0.29) is 0 Å². The topological polar surface area (TPSA) is 62.1 Å². The summed E-state index contributed by atoms with van der Waals surface area (Å²) in [4.78, 5) is 16.8. The molecule has 1 aliphatic rings. The van der Waals surface area contributed by atoms with Crippen LogP contribution in [0, 0.1) is 6.92 Å². The quantitative estimate of drug-likeness (QED) is 0.409. The Balaban J connectivity index is 1.48. The second-order valence-corrected chi connectivity index (χ2v) is 9.41. The zero-order chi connectivity index (χ0) is 24.3. The number of benzene rings is 2. The predicted molar refractivity (Wildman–Crippen MR) is 127 cm³/mol. The number of thioether (sulfide) groups is 1. The molecular formula is C25H26F3N3O2S. The zero-order valence-corrected chi connectivity index (χ0v) is 19.9. The molecule has 0 bridgehead atoms. The fourth-order valence-electron chi connectivity index (χ4n) is 3.98. The van der Waals surface area contributed by atoms with Gasteiger partial charge in [0.1, 0.15) is 0 Å². The van der Waals surface area contributed by atoms with Gasteiger partial charge in [0.2, 0.25) is 0 Å². The molecule has 9 heteroatoms. The Bertz CT molecular complexity index is 1250. The maximum Gasteiger partial charge on any atom is 0.439 e. The Morgan fingerprint density at radius 2 is 2.00 bits per heavy atom. The molecule has 1 N–H and O–H groups in total. The van der Waals surface area contributed by atoms with Crippen molar-refractivity contribution in [3.05, 3.63) is 80.3 Å². The summed E-state index contributed by atoms with van der Waals surface area (Å²) < 4.78 is 44.2. The molecule has 0 amide bonds. The number of hydrogen-bond acceptors (Lipinski definition) is 5. The molecule has 2 heterocycles. The molecule has 0 aliphatic carbocycles. The van der Waals surface area contributed by atoms with Crippen LogP contribution >= 0.6 is 11.8 Å². The van der Waals surface area contributed by atoms with Crippen molar-refractivity contribution in [3.8, 4) is 11.4 Å². The van der Waals surface area contributed by atoms with Crippen LogP contribution in [-0.4, -0.2) is 28.1 Å². The van der Waals surface area contributed by atoms with Gasteiger partial charge >= 0.3 is 11.9 Å². The number of aryl methyl sites for hydroxylation is 1. The van der Waals surface area contributed by atoms with Gasteiger partial charge in [-0.25, -0.2) is 4.79 Å². The van der Waals surface area contributed by atoms with Crippen molar-refractivity contribution in [1.29, 1.82) is 0 Å². The first-order valence-electron chi connectivity index (χ1n) is 11.2. The Kier molecular flexibility index (Phi) is 7.21. The second-order valence-electron chi connectivity index (χ2n) is 8.35. The molecule has 0 spiro atoms. The van der Waals surface area contributed by atoms with E-state index < -0.39 is 17.5 Å². The van der Waals surface area contributed by atoms with Crippen molar-refractivity contribution in [3.63, 3.8) is 0 Å². The van der Waals surface area contributed by atoms with Gasteiger partial charge in [-0.05, 0) is 61.1 Å². The van der Waals surface area contributed by atoms with Crippen molar-refractivity contribution in [1.82, 2.24) is 15.0 Å². The van der Waals surface area contributed by atoms with Crippen molar-refractivity contribution in [2.75, 3.05) is 13.1 Å². The summed E-state index contributed by atoms with van der Waals surface area (Å²) >= 11 is 1.42. The monoisotopic (exact) mass is 489 g/mol.